The van der Waals surface area contributed by atoms with Crippen LogP contribution >= 0.6 is 6.04 Å². The van der Waals surface area contributed by atoms with Crippen molar-refractivity contribution in [2.24, 2.45) is 0 Å². The molecular formula is C5H13O2PSSi. The molecule has 0 bridgehead atoms. The van der Waals surface area contributed by atoms with E-state index < -0.39 is 14.6 Å². The lowest BCUT2D eigenvalue weighted by atomic mass is 11.7. The van der Waals surface area contributed by atoms with Gasteiger partial charge in [-0.1, -0.05) is 11.8 Å². The Balaban J connectivity index is 2.54. The molecule has 1 saturated heterocycles. The Kier molecular flexibility index (Phi) is 2.38. The van der Waals surface area contributed by atoms with E-state index in [1.165, 1.54) is 0 Å². The minimum absolute atomic E-state index is 0.779. The quantitative estimate of drug-likeness (QED) is 0.434. The standard InChI is InChI=1S/C5H13O2PSSi/c1-8(9)4-6-10(2,3)7-5-8/h4-5H2,1-3H3. The maximum atomic E-state index is 5.54. The molecule has 1 fully saturated rings. The Labute approximate surface area is 68.2 Å². The van der Waals surface area contributed by atoms with Crippen LogP contribution in [-0.2, 0) is 20.7 Å². The minimum atomic E-state index is -1.72. The normalized spacial score (nSPS) is 29.9. The van der Waals surface area contributed by atoms with Crippen molar-refractivity contribution >= 4 is 26.4 Å². The van der Waals surface area contributed by atoms with Crippen LogP contribution in [0.15, 0.2) is 0 Å². The topological polar surface area (TPSA) is 18.5 Å². The highest BCUT2D eigenvalue weighted by atomic mass is 32.4. The van der Waals surface area contributed by atoms with Crippen LogP contribution in [0.1, 0.15) is 0 Å². The molecule has 2 nitrogen and oxygen atoms in total. The molecule has 0 aromatic heterocycles. The molecule has 0 N–H and O–H groups in total. The Morgan fingerprint density at radius 3 is 2.00 bits per heavy atom. The molecule has 0 aromatic carbocycles. The fraction of sp³-hybridized carbons (Fsp3) is 1.00. The van der Waals surface area contributed by atoms with E-state index in [0.717, 1.165) is 12.7 Å². The van der Waals surface area contributed by atoms with Gasteiger partial charge in [-0.2, -0.15) is 0 Å². The molecule has 1 rings (SSSR count). The summed E-state index contributed by atoms with van der Waals surface area (Å²) in [7, 11) is -1.72. The smallest absolute Gasteiger partial charge is 0.332 e. The van der Waals surface area contributed by atoms with E-state index in [0.29, 0.717) is 0 Å². The Hall–Kier alpha value is 0.787. The highest BCUT2D eigenvalue weighted by Crippen LogP contribution is 2.46. The third-order valence-corrected chi connectivity index (χ3v) is 5.52. The summed E-state index contributed by atoms with van der Waals surface area (Å²) in [5.74, 6) is 0. The molecule has 0 unspecified atom stereocenters. The van der Waals surface area contributed by atoms with E-state index in [9.17, 15) is 0 Å². The van der Waals surface area contributed by atoms with Gasteiger partial charge in [-0.15, -0.1) is 0 Å². The molecule has 0 spiro atoms. The van der Waals surface area contributed by atoms with E-state index in [-0.39, 0.29) is 0 Å². The molecule has 60 valence electrons. The summed E-state index contributed by atoms with van der Waals surface area (Å²) < 4.78 is 11.1. The minimum Gasteiger partial charge on any atom is -0.389 e. The highest BCUT2D eigenvalue weighted by molar-refractivity contribution is 8.14. The number of hydrogen-bond acceptors (Lipinski definition) is 3. The van der Waals surface area contributed by atoms with Gasteiger partial charge in [-0.3, -0.25) is 0 Å². The Morgan fingerprint density at radius 1 is 1.30 bits per heavy atom. The van der Waals surface area contributed by atoms with Gasteiger partial charge in [0.2, 0.25) is 0 Å². The van der Waals surface area contributed by atoms with Gasteiger partial charge < -0.3 is 8.85 Å². The molecule has 0 atom stereocenters. The highest BCUT2D eigenvalue weighted by Gasteiger charge is 2.32. The molecule has 0 aliphatic carbocycles. The zero-order chi connectivity index (χ0) is 7.83. The van der Waals surface area contributed by atoms with Gasteiger partial charge >= 0.3 is 8.56 Å². The SMILES string of the molecule is C[Si]1(C)OCP(C)(=S)CO1. The molecule has 1 aliphatic rings. The summed E-state index contributed by atoms with van der Waals surface area (Å²) in [4.78, 5) is 0. The third kappa shape index (κ3) is 2.44. The average molecular weight is 196 g/mol. The zero-order valence-electron chi connectivity index (χ0n) is 6.59. The van der Waals surface area contributed by atoms with Crippen molar-refractivity contribution in [2.75, 3.05) is 19.4 Å². The second-order valence-corrected chi connectivity index (χ2v) is 12.4. The van der Waals surface area contributed by atoms with Crippen molar-refractivity contribution < 1.29 is 8.85 Å². The van der Waals surface area contributed by atoms with Crippen molar-refractivity contribution in [1.82, 2.24) is 0 Å². The first-order valence-corrected chi connectivity index (χ1v) is 9.68. The summed E-state index contributed by atoms with van der Waals surface area (Å²) in [6.07, 6.45) is 1.56. The first-order chi connectivity index (χ1) is 4.41. The predicted molar refractivity (Wildman–Crippen MR) is 49.6 cm³/mol. The van der Waals surface area contributed by atoms with Gasteiger partial charge in [-0.25, -0.2) is 0 Å². The van der Waals surface area contributed by atoms with Crippen LogP contribution in [0.4, 0.5) is 0 Å². The third-order valence-electron chi connectivity index (χ3n) is 1.37. The van der Waals surface area contributed by atoms with Crippen LogP contribution in [-0.4, -0.2) is 27.9 Å². The van der Waals surface area contributed by atoms with Crippen molar-refractivity contribution in [3.05, 3.63) is 0 Å². The van der Waals surface area contributed by atoms with Gasteiger partial charge in [0.1, 0.15) is 0 Å². The second kappa shape index (κ2) is 2.68. The molecular weight excluding hydrogens is 183 g/mol. The van der Waals surface area contributed by atoms with Crippen LogP contribution < -0.4 is 0 Å². The van der Waals surface area contributed by atoms with E-state index in [1.54, 1.807) is 0 Å². The fourth-order valence-electron chi connectivity index (χ4n) is 0.663. The Bertz CT molecular complexity index is 168. The van der Waals surface area contributed by atoms with E-state index in [2.05, 4.69) is 19.8 Å². The first kappa shape index (κ1) is 8.88. The second-order valence-electron chi connectivity index (χ2n) is 3.24. The maximum Gasteiger partial charge on any atom is 0.332 e. The van der Waals surface area contributed by atoms with Gasteiger partial charge in [-0.05, 0) is 19.8 Å². The van der Waals surface area contributed by atoms with E-state index >= 15 is 0 Å². The van der Waals surface area contributed by atoms with E-state index in [1.807, 2.05) is 0 Å². The van der Waals surface area contributed by atoms with Gasteiger partial charge in [0.25, 0.3) is 0 Å². The Morgan fingerprint density at radius 2 is 1.70 bits per heavy atom. The fourth-order valence-corrected chi connectivity index (χ4v) is 6.44. The molecule has 0 saturated carbocycles. The number of rotatable bonds is 0. The van der Waals surface area contributed by atoms with Gasteiger partial charge in [0.15, 0.2) is 0 Å². The summed E-state index contributed by atoms with van der Waals surface area (Å²) in [6.45, 7) is 6.20. The van der Waals surface area contributed by atoms with Crippen LogP contribution in [0.25, 0.3) is 0 Å². The van der Waals surface area contributed by atoms with Crippen LogP contribution in [0.5, 0.6) is 0 Å². The van der Waals surface area contributed by atoms with Crippen molar-refractivity contribution in [3.63, 3.8) is 0 Å². The lowest BCUT2D eigenvalue weighted by Gasteiger charge is -2.33. The van der Waals surface area contributed by atoms with Crippen LogP contribution in [0, 0.1) is 0 Å². The molecule has 0 aromatic rings. The zero-order valence-corrected chi connectivity index (χ0v) is 9.30. The van der Waals surface area contributed by atoms with Crippen LogP contribution in [0.2, 0.25) is 13.1 Å². The lowest BCUT2D eigenvalue weighted by Crippen LogP contribution is -2.39. The monoisotopic (exact) mass is 196 g/mol. The molecule has 10 heavy (non-hydrogen) atoms. The van der Waals surface area contributed by atoms with Crippen molar-refractivity contribution in [3.8, 4) is 0 Å². The molecule has 0 amide bonds. The summed E-state index contributed by atoms with van der Waals surface area (Å²) >= 11 is 5.28. The largest absolute Gasteiger partial charge is 0.389 e. The van der Waals surface area contributed by atoms with Crippen molar-refractivity contribution in [2.45, 2.75) is 13.1 Å². The predicted octanol–water partition coefficient (Wildman–Crippen LogP) is 1.76. The van der Waals surface area contributed by atoms with E-state index in [4.69, 9.17) is 20.7 Å². The number of hydrogen-bond donors (Lipinski definition) is 0. The van der Waals surface area contributed by atoms with Crippen LogP contribution in [0.3, 0.4) is 0 Å². The van der Waals surface area contributed by atoms with Gasteiger partial charge in [0, 0.05) is 6.04 Å². The molecule has 1 aliphatic heterocycles. The molecule has 1 heterocycles. The lowest BCUT2D eigenvalue weighted by molar-refractivity contribution is 0.213. The summed E-state index contributed by atoms with van der Waals surface area (Å²) in [5, 5.41) is 0. The molecule has 5 heteroatoms. The average Bonchev–Trinajstić information content (AvgIpc) is 1.79. The summed E-state index contributed by atoms with van der Waals surface area (Å²) in [6, 6.07) is -1.24. The molecule has 0 radical (unpaired) electrons. The summed E-state index contributed by atoms with van der Waals surface area (Å²) in [5.41, 5.74) is 0. The van der Waals surface area contributed by atoms with Gasteiger partial charge in [0.05, 0.1) is 12.7 Å². The maximum absolute atomic E-state index is 5.54. The van der Waals surface area contributed by atoms with Crippen molar-refractivity contribution in [1.29, 1.82) is 0 Å². The first-order valence-electron chi connectivity index (χ1n) is 3.25.